The highest BCUT2D eigenvalue weighted by molar-refractivity contribution is 7.98. The van der Waals surface area contributed by atoms with Gasteiger partial charge in [0.05, 0.1) is 13.0 Å². The van der Waals surface area contributed by atoms with E-state index in [1.165, 1.54) is 12.1 Å². The number of hydrogen-bond acceptors (Lipinski definition) is 4. The van der Waals surface area contributed by atoms with Gasteiger partial charge in [0.2, 0.25) is 5.91 Å². The Balaban J connectivity index is 1.90. The van der Waals surface area contributed by atoms with Gasteiger partial charge in [-0.1, -0.05) is 12.1 Å². The molecule has 6 heteroatoms. The zero-order valence-corrected chi connectivity index (χ0v) is 12.8. The van der Waals surface area contributed by atoms with Crippen molar-refractivity contribution in [1.29, 1.82) is 0 Å². The molecule has 1 amide bonds. The molecule has 2 aromatic rings. The Morgan fingerprint density at radius 3 is 2.73 bits per heavy atom. The molecule has 0 atom stereocenters. The number of halogens is 1. The summed E-state index contributed by atoms with van der Waals surface area (Å²) in [5.41, 5.74) is 1.78. The number of thioether (sulfide) groups is 1. The predicted octanol–water partition coefficient (Wildman–Crippen LogP) is 2.63. The maximum absolute atomic E-state index is 12.8. The molecule has 0 unspecified atom stereocenters. The third-order valence-corrected chi connectivity index (χ3v) is 3.88. The van der Waals surface area contributed by atoms with Crippen LogP contribution in [0.1, 0.15) is 11.1 Å². The van der Waals surface area contributed by atoms with Crippen molar-refractivity contribution in [3.63, 3.8) is 0 Å². The van der Waals surface area contributed by atoms with Crippen LogP contribution in [-0.2, 0) is 17.0 Å². The van der Waals surface area contributed by atoms with E-state index in [4.69, 9.17) is 5.11 Å². The number of pyridine rings is 1. The second-order valence-electron chi connectivity index (χ2n) is 4.68. The number of benzene rings is 1. The molecule has 0 aliphatic rings. The molecule has 0 fully saturated rings. The molecule has 22 heavy (non-hydrogen) atoms. The van der Waals surface area contributed by atoms with Gasteiger partial charge in [0.25, 0.3) is 0 Å². The van der Waals surface area contributed by atoms with E-state index in [-0.39, 0.29) is 24.8 Å². The summed E-state index contributed by atoms with van der Waals surface area (Å²) in [7, 11) is 0. The van der Waals surface area contributed by atoms with Crippen LogP contribution in [0.2, 0.25) is 0 Å². The topological polar surface area (TPSA) is 62.2 Å². The number of nitrogens with zero attached hydrogens (tertiary/aromatic N) is 1. The number of anilines is 1. The average molecular weight is 320 g/mol. The summed E-state index contributed by atoms with van der Waals surface area (Å²) < 4.78 is 12.8. The number of aliphatic hydroxyl groups excluding tert-OH is 1. The fraction of sp³-hybridized carbons (Fsp3) is 0.250. The van der Waals surface area contributed by atoms with E-state index in [0.29, 0.717) is 11.6 Å². The molecule has 116 valence electrons. The molecule has 0 saturated carbocycles. The van der Waals surface area contributed by atoms with E-state index < -0.39 is 0 Å². The van der Waals surface area contributed by atoms with Crippen molar-refractivity contribution >= 4 is 23.5 Å². The van der Waals surface area contributed by atoms with Crippen LogP contribution >= 0.6 is 11.8 Å². The van der Waals surface area contributed by atoms with Crippen molar-refractivity contribution in [3.05, 3.63) is 59.5 Å². The molecule has 0 saturated heterocycles. The molecule has 4 nitrogen and oxygen atoms in total. The Bertz CT molecular complexity index is 620. The maximum Gasteiger partial charge on any atom is 0.229 e. The lowest BCUT2D eigenvalue weighted by Crippen LogP contribution is -2.15. The Kier molecular flexibility index (Phi) is 6.36. The van der Waals surface area contributed by atoms with E-state index in [9.17, 15) is 9.18 Å². The van der Waals surface area contributed by atoms with Crippen molar-refractivity contribution in [2.75, 3.05) is 17.7 Å². The Hall–Kier alpha value is -1.92. The number of aliphatic hydroxyl groups is 1. The molecule has 0 spiro atoms. The van der Waals surface area contributed by atoms with Crippen molar-refractivity contribution in [2.45, 2.75) is 12.2 Å². The van der Waals surface area contributed by atoms with Crippen molar-refractivity contribution < 1.29 is 14.3 Å². The lowest BCUT2D eigenvalue weighted by atomic mass is 10.1. The quantitative estimate of drug-likeness (QED) is 0.770. The lowest BCUT2D eigenvalue weighted by molar-refractivity contribution is -0.115. The summed E-state index contributed by atoms with van der Waals surface area (Å²) in [5.74, 6) is 1.41. The predicted molar refractivity (Wildman–Crippen MR) is 86.2 cm³/mol. The van der Waals surface area contributed by atoms with Crippen molar-refractivity contribution in [1.82, 2.24) is 4.98 Å². The highest BCUT2D eigenvalue weighted by atomic mass is 32.2. The fourth-order valence-electron chi connectivity index (χ4n) is 1.86. The zero-order valence-electron chi connectivity index (χ0n) is 12.0. The van der Waals surface area contributed by atoms with Crippen LogP contribution < -0.4 is 5.32 Å². The second-order valence-corrected chi connectivity index (χ2v) is 5.78. The van der Waals surface area contributed by atoms with Gasteiger partial charge in [-0.15, -0.1) is 0 Å². The molecule has 1 aromatic carbocycles. The molecule has 0 bridgehead atoms. The van der Waals surface area contributed by atoms with Gasteiger partial charge in [-0.3, -0.25) is 4.79 Å². The second kappa shape index (κ2) is 8.51. The number of nitrogens with one attached hydrogen (secondary N) is 1. The summed E-state index contributed by atoms with van der Waals surface area (Å²) in [6, 6.07) is 9.53. The fourth-order valence-corrected chi connectivity index (χ4v) is 2.55. The number of amides is 1. The smallest absolute Gasteiger partial charge is 0.229 e. The first kappa shape index (κ1) is 16.5. The summed E-state index contributed by atoms with van der Waals surface area (Å²) in [5, 5.41) is 11.5. The minimum absolute atomic E-state index is 0.150. The van der Waals surface area contributed by atoms with E-state index in [1.807, 2.05) is 12.1 Å². The van der Waals surface area contributed by atoms with Crippen LogP contribution in [0.4, 0.5) is 10.2 Å². The standard InChI is InChI=1S/C16H17FN2O2S/c17-14-3-1-12(2-4-14)10-16(21)19-15-9-13(5-6-18-15)11-22-8-7-20/h1-6,9,20H,7-8,10-11H2,(H,18,19,21). The minimum atomic E-state index is -0.320. The van der Waals surface area contributed by atoms with Crippen LogP contribution in [0.25, 0.3) is 0 Å². The molecule has 1 aromatic heterocycles. The van der Waals surface area contributed by atoms with Crippen molar-refractivity contribution in [2.24, 2.45) is 0 Å². The summed E-state index contributed by atoms with van der Waals surface area (Å²) in [6.45, 7) is 0.150. The first-order valence-electron chi connectivity index (χ1n) is 6.85. The number of hydrogen-bond donors (Lipinski definition) is 2. The first-order chi connectivity index (χ1) is 10.7. The molecular formula is C16H17FN2O2S. The van der Waals surface area contributed by atoms with Gasteiger partial charge in [0.1, 0.15) is 11.6 Å². The van der Waals surface area contributed by atoms with Gasteiger partial charge in [-0.05, 0) is 35.4 Å². The normalized spacial score (nSPS) is 10.5. The Morgan fingerprint density at radius 1 is 1.23 bits per heavy atom. The lowest BCUT2D eigenvalue weighted by Gasteiger charge is -2.07. The number of carbonyl (C=O) groups is 1. The number of rotatable bonds is 7. The van der Waals surface area contributed by atoms with Crippen molar-refractivity contribution in [3.8, 4) is 0 Å². The largest absolute Gasteiger partial charge is 0.396 e. The molecule has 2 rings (SSSR count). The molecule has 0 aliphatic heterocycles. The van der Waals surface area contributed by atoms with Crippen LogP contribution in [0.3, 0.4) is 0 Å². The van der Waals surface area contributed by atoms with Gasteiger partial charge in [0.15, 0.2) is 0 Å². The Labute approximate surface area is 132 Å². The number of carbonyl (C=O) groups excluding carboxylic acids is 1. The van der Waals surface area contributed by atoms with Crippen LogP contribution in [-0.4, -0.2) is 28.4 Å². The average Bonchev–Trinajstić information content (AvgIpc) is 2.50. The molecule has 0 radical (unpaired) electrons. The van der Waals surface area contributed by atoms with Gasteiger partial charge in [-0.25, -0.2) is 9.37 Å². The maximum atomic E-state index is 12.8. The zero-order chi connectivity index (χ0) is 15.8. The summed E-state index contributed by atoms with van der Waals surface area (Å²) >= 11 is 1.61. The third-order valence-electron chi connectivity index (χ3n) is 2.87. The van der Waals surface area contributed by atoms with E-state index in [1.54, 1.807) is 30.1 Å². The van der Waals surface area contributed by atoms with Gasteiger partial charge < -0.3 is 10.4 Å². The molecule has 2 N–H and O–H groups in total. The van der Waals surface area contributed by atoms with E-state index in [0.717, 1.165) is 16.9 Å². The summed E-state index contributed by atoms with van der Waals surface area (Å²) in [6.07, 6.45) is 1.81. The van der Waals surface area contributed by atoms with E-state index >= 15 is 0 Å². The van der Waals surface area contributed by atoms with Gasteiger partial charge >= 0.3 is 0 Å². The molecular weight excluding hydrogens is 303 g/mol. The molecule has 0 aliphatic carbocycles. The highest BCUT2D eigenvalue weighted by Crippen LogP contribution is 2.14. The van der Waals surface area contributed by atoms with Gasteiger partial charge in [-0.2, -0.15) is 11.8 Å². The monoisotopic (exact) mass is 320 g/mol. The summed E-state index contributed by atoms with van der Waals surface area (Å²) in [4.78, 5) is 16.1. The number of aromatic nitrogens is 1. The third kappa shape index (κ3) is 5.46. The first-order valence-corrected chi connectivity index (χ1v) is 8.00. The highest BCUT2D eigenvalue weighted by Gasteiger charge is 2.06. The SMILES string of the molecule is O=C(Cc1ccc(F)cc1)Nc1cc(CSCCO)ccn1. The van der Waals surface area contributed by atoms with Crippen LogP contribution in [0, 0.1) is 5.82 Å². The molecule has 1 heterocycles. The van der Waals surface area contributed by atoms with E-state index in [2.05, 4.69) is 10.3 Å². The Morgan fingerprint density at radius 2 is 2.00 bits per heavy atom. The van der Waals surface area contributed by atoms with Crippen LogP contribution in [0.5, 0.6) is 0 Å². The van der Waals surface area contributed by atoms with Crippen LogP contribution in [0.15, 0.2) is 42.6 Å². The minimum Gasteiger partial charge on any atom is -0.396 e. The van der Waals surface area contributed by atoms with Gasteiger partial charge in [0, 0.05) is 17.7 Å².